The molecule has 0 aliphatic heterocycles. The summed E-state index contributed by atoms with van der Waals surface area (Å²) in [5, 5.41) is 15.6. The molecule has 0 radical (unpaired) electrons. The number of nitrogens with zero attached hydrogens (tertiary/aromatic N) is 2. The molecule has 4 aromatic rings. The van der Waals surface area contributed by atoms with Gasteiger partial charge in [0.1, 0.15) is 23.0 Å². The number of aromatic nitrogens is 2. The largest absolute Gasteiger partial charge is 0.390 e. The molecule has 2 aromatic heterocycles. The van der Waals surface area contributed by atoms with Crippen molar-refractivity contribution in [1.82, 2.24) is 14.7 Å². The maximum atomic E-state index is 14.5. The molecule has 0 spiro atoms. The Labute approximate surface area is 193 Å². The number of rotatable bonds is 4. The van der Waals surface area contributed by atoms with Crippen LogP contribution in [0.5, 0.6) is 0 Å². The first-order chi connectivity index (χ1) is 16.3. The molecule has 1 aliphatic carbocycles. The lowest BCUT2D eigenvalue weighted by Gasteiger charge is -2.18. The molecule has 0 saturated carbocycles. The highest BCUT2D eigenvalue weighted by Gasteiger charge is 2.32. The van der Waals surface area contributed by atoms with E-state index in [1.807, 2.05) is 13.0 Å². The lowest BCUT2D eigenvalue weighted by Crippen LogP contribution is -2.34. The molecule has 5 rings (SSSR count). The number of anilines is 1. The molecule has 2 atom stereocenters. The van der Waals surface area contributed by atoms with Gasteiger partial charge in [-0.15, -0.1) is 0 Å². The van der Waals surface area contributed by atoms with Crippen LogP contribution < -0.4 is 10.6 Å². The molecule has 34 heavy (non-hydrogen) atoms. The zero-order valence-electron chi connectivity index (χ0n) is 18.0. The van der Waals surface area contributed by atoms with Crippen molar-refractivity contribution < 1.29 is 23.5 Å². The second kappa shape index (κ2) is 8.35. The Morgan fingerprint density at radius 1 is 1.09 bits per heavy atom. The van der Waals surface area contributed by atoms with Crippen molar-refractivity contribution in [3.8, 4) is 0 Å². The summed E-state index contributed by atoms with van der Waals surface area (Å²) in [5.74, 6) is -2.28. The maximum absolute atomic E-state index is 14.5. The number of imidazole rings is 1. The summed E-state index contributed by atoms with van der Waals surface area (Å²) < 4.78 is 29.6. The lowest BCUT2D eigenvalue weighted by atomic mass is 10.1. The smallest absolute Gasteiger partial charge is 0.274 e. The number of pyridine rings is 1. The fourth-order valence-electron chi connectivity index (χ4n) is 4.21. The first-order valence-electron chi connectivity index (χ1n) is 10.6. The molecule has 0 unspecified atom stereocenters. The van der Waals surface area contributed by atoms with E-state index in [2.05, 4.69) is 15.6 Å². The van der Waals surface area contributed by atoms with E-state index in [1.165, 1.54) is 36.5 Å². The predicted molar refractivity (Wildman–Crippen MR) is 121 cm³/mol. The van der Waals surface area contributed by atoms with E-state index in [9.17, 15) is 23.5 Å². The van der Waals surface area contributed by atoms with Crippen molar-refractivity contribution in [2.24, 2.45) is 0 Å². The minimum absolute atomic E-state index is 0.0912. The van der Waals surface area contributed by atoms with Crippen LogP contribution in [-0.2, 0) is 6.42 Å². The summed E-state index contributed by atoms with van der Waals surface area (Å²) in [6.45, 7) is 1.87. The zero-order valence-corrected chi connectivity index (χ0v) is 18.0. The van der Waals surface area contributed by atoms with Crippen LogP contribution >= 0.6 is 0 Å². The van der Waals surface area contributed by atoms with Gasteiger partial charge < -0.3 is 15.7 Å². The van der Waals surface area contributed by atoms with E-state index < -0.39 is 35.6 Å². The number of carbonyl (C=O) groups excluding carboxylic acids is 2. The van der Waals surface area contributed by atoms with Crippen LogP contribution in [0, 0.1) is 18.6 Å². The van der Waals surface area contributed by atoms with Gasteiger partial charge in [-0.25, -0.2) is 13.8 Å². The number of halogens is 2. The van der Waals surface area contributed by atoms with Crippen LogP contribution in [0.3, 0.4) is 0 Å². The van der Waals surface area contributed by atoms with Crippen molar-refractivity contribution in [2.45, 2.75) is 25.5 Å². The van der Waals surface area contributed by atoms with Crippen molar-refractivity contribution in [2.75, 3.05) is 5.32 Å². The first kappa shape index (κ1) is 21.7. The van der Waals surface area contributed by atoms with Gasteiger partial charge in [0, 0.05) is 18.2 Å². The van der Waals surface area contributed by atoms with Gasteiger partial charge in [0.05, 0.1) is 24.0 Å². The predicted octanol–water partition coefficient (Wildman–Crippen LogP) is 3.56. The van der Waals surface area contributed by atoms with Crippen LogP contribution in [0.2, 0.25) is 0 Å². The summed E-state index contributed by atoms with van der Waals surface area (Å²) in [7, 11) is 0. The number of carbonyl (C=O) groups is 2. The Kier molecular flexibility index (Phi) is 5.33. The molecular weight excluding hydrogens is 442 g/mol. The molecule has 172 valence electrons. The molecule has 2 amide bonds. The number of aryl methyl sites for hydroxylation is 1. The number of fused-ring (bicyclic) bond motifs is 2. The normalized spacial score (nSPS) is 16.9. The molecule has 0 fully saturated rings. The molecule has 9 heteroatoms. The van der Waals surface area contributed by atoms with Gasteiger partial charge in [-0.05, 0) is 60.0 Å². The lowest BCUT2D eigenvalue weighted by molar-refractivity contribution is 0.0857. The average Bonchev–Trinajstić information content (AvgIpc) is 3.35. The molecule has 0 bridgehead atoms. The van der Waals surface area contributed by atoms with E-state index in [0.717, 1.165) is 11.6 Å². The highest BCUT2D eigenvalue weighted by Crippen LogP contribution is 2.32. The third-order valence-electron chi connectivity index (χ3n) is 5.90. The van der Waals surface area contributed by atoms with Crippen LogP contribution in [0.1, 0.15) is 43.6 Å². The fraction of sp³-hybridized carbons (Fsp3) is 0.160. The second-order valence-corrected chi connectivity index (χ2v) is 8.29. The highest BCUT2D eigenvalue weighted by atomic mass is 19.1. The molecule has 7 nitrogen and oxygen atoms in total. The Morgan fingerprint density at radius 3 is 2.74 bits per heavy atom. The van der Waals surface area contributed by atoms with Gasteiger partial charge in [0.2, 0.25) is 0 Å². The number of hydrogen-bond donors (Lipinski definition) is 3. The van der Waals surface area contributed by atoms with Crippen LogP contribution in [0.25, 0.3) is 5.65 Å². The van der Waals surface area contributed by atoms with Gasteiger partial charge in [0.25, 0.3) is 11.8 Å². The van der Waals surface area contributed by atoms with E-state index in [1.54, 1.807) is 16.7 Å². The molecule has 0 saturated heterocycles. The van der Waals surface area contributed by atoms with Gasteiger partial charge >= 0.3 is 0 Å². The number of nitrogens with one attached hydrogen (secondary N) is 2. The van der Waals surface area contributed by atoms with Crippen molar-refractivity contribution in [1.29, 1.82) is 0 Å². The Morgan fingerprint density at radius 2 is 1.91 bits per heavy atom. The van der Waals surface area contributed by atoms with Crippen molar-refractivity contribution in [3.05, 3.63) is 101 Å². The summed E-state index contributed by atoms with van der Waals surface area (Å²) in [6.07, 6.45) is 2.43. The van der Waals surface area contributed by atoms with E-state index in [-0.39, 0.29) is 23.4 Å². The molecule has 2 heterocycles. The maximum Gasteiger partial charge on any atom is 0.274 e. The van der Waals surface area contributed by atoms with Crippen molar-refractivity contribution >= 4 is 23.1 Å². The molecule has 2 aromatic carbocycles. The summed E-state index contributed by atoms with van der Waals surface area (Å²) in [6, 6.07) is 10.6. The number of aliphatic hydroxyl groups excluding tert-OH is 1. The zero-order chi connectivity index (χ0) is 24.0. The Hall–Kier alpha value is -4.11. The fourth-order valence-corrected chi connectivity index (χ4v) is 4.21. The number of hydrogen-bond acceptors (Lipinski definition) is 4. The Balaban J connectivity index is 1.37. The molecule has 1 aliphatic rings. The topological polar surface area (TPSA) is 95.7 Å². The van der Waals surface area contributed by atoms with Gasteiger partial charge in [0.15, 0.2) is 0 Å². The van der Waals surface area contributed by atoms with Gasteiger partial charge in [-0.3, -0.25) is 14.0 Å². The molecular formula is C25H20F2N4O3. The minimum atomic E-state index is -0.918. The van der Waals surface area contributed by atoms with Crippen LogP contribution in [-0.4, -0.2) is 32.4 Å². The van der Waals surface area contributed by atoms with Crippen LogP contribution in [0.4, 0.5) is 14.5 Å². The second-order valence-electron chi connectivity index (χ2n) is 8.29. The van der Waals surface area contributed by atoms with E-state index in [4.69, 9.17) is 0 Å². The van der Waals surface area contributed by atoms with E-state index >= 15 is 0 Å². The third kappa shape index (κ3) is 3.90. The van der Waals surface area contributed by atoms with Gasteiger partial charge in [-0.2, -0.15) is 0 Å². The standard InChI is InChI=1S/C25H20F2N4O3/c1-13-2-7-22-28-11-20(31(22)12-13)25(34)29-19-9-14(3-6-18(19)27)24(33)30-23-17-5-4-16(26)8-15(17)10-21(23)32/h2-9,11-12,21,23,32H,10H2,1H3,(H,29,34)(H,30,33)/t21-,23-/m1/s1. The summed E-state index contributed by atoms with van der Waals surface area (Å²) >= 11 is 0. The average molecular weight is 462 g/mol. The summed E-state index contributed by atoms with van der Waals surface area (Å²) in [4.78, 5) is 29.9. The number of benzene rings is 2. The minimum Gasteiger partial charge on any atom is -0.390 e. The van der Waals surface area contributed by atoms with Gasteiger partial charge in [-0.1, -0.05) is 12.1 Å². The molecule has 3 N–H and O–H groups in total. The quantitative estimate of drug-likeness (QED) is 0.432. The monoisotopic (exact) mass is 462 g/mol. The number of aliphatic hydroxyl groups is 1. The number of amides is 2. The summed E-state index contributed by atoms with van der Waals surface area (Å²) in [5.41, 5.74) is 2.87. The Bertz CT molecular complexity index is 1450. The van der Waals surface area contributed by atoms with E-state index in [0.29, 0.717) is 16.8 Å². The van der Waals surface area contributed by atoms with Crippen LogP contribution in [0.15, 0.2) is 60.9 Å². The first-order valence-corrected chi connectivity index (χ1v) is 10.6. The SMILES string of the molecule is Cc1ccc2ncc(C(=O)Nc3cc(C(=O)N[C@@H]4c5ccc(F)cc5C[C@H]4O)ccc3F)n2c1. The van der Waals surface area contributed by atoms with Crippen molar-refractivity contribution in [3.63, 3.8) is 0 Å². The third-order valence-corrected chi connectivity index (χ3v) is 5.90. The highest BCUT2D eigenvalue weighted by molar-refractivity contribution is 6.04.